The molecular weight excluding hydrogens is 457 g/mol. The molecule has 4 aromatic rings. The van der Waals surface area contributed by atoms with Gasteiger partial charge in [0.05, 0.1) is 24.8 Å². The van der Waals surface area contributed by atoms with Crippen LogP contribution in [0, 0.1) is 5.82 Å². The highest BCUT2D eigenvalue weighted by Crippen LogP contribution is 2.29. The van der Waals surface area contributed by atoms with Gasteiger partial charge in [-0.3, -0.25) is 9.59 Å². The van der Waals surface area contributed by atoms with E-state index in [2.05, 4.69) is 10.6 Å². The molecule has 0 aliphatic heterocycles. The second-order valence-corrected chi connectivity index (χ2v) is 7.91. The van der Waals surface area contributed by atoms with Gasteiger partial charge in [-0.15, -0.1) is 0 Å². The van der Waals surface area contributed by atoms with Gasteiger partial charge >= 0.3 is 0 Å². The number of methoxy groups -OCH3 is 1. The molecule has 0 bridgehead atoms. The second-order valence-electron chi connectivity index (χ2n) is 7.48. The molecule has 0 unspecified atom stereocenters. The largest absolute Gasteiger partial charge is 0.495 e. The monoisotopic (exact) mass is 477 g/mol. The maximum atomic E-state index is 14.1. The summed E-state index contributed by atoms with van der Waals surface area (Å²) in [6, 6.07) is 20.2. The van der Waals surface area contributed by atoms with E-state index < -0.39 is 11.7 Å². The van der Waals surface area contributed by atoms with E-state index in [0.717, 1.165) is 17.3 Å². The average Bonchev–Trinajstić information content (AvgIpc) is 3.34. The van der Waals surface area contributed by atoms with Crippen LogP contribution in [0.4, 0.5) is 15.8 Å². The van der Waals surface area contributed by atoms with Crippen molar-refractivity contribution in [3.8, 4) is 11.4 Å². The Kier molecular flexibility index (Phi) is 6.94. The Bertz CT molecular complexity index is 1320. The van der Waals surface area contributed by atoms with Crippen molar-refractivity contribution in [2.45, 2.75) is 6.42 Å². The summed E-state index contributed by atoms with van der Waals surface area (Å²) < 4.78 is 21.4. The van der Waals surface area contributed by atoms with Gasteiger partial charge in [0.2, 0.25) is 5.91 Å². The smallest absolute Gasteiger partial charge is 0.258 e. The van der Waals surface area contributed by atoms with E-state index in [1.54, 1.807) is 18.2 Å². The Morgan fingerprint density at radius 1 is 0.971 bits per heavy atom. The number of nitrogens with zero attached hydrogens (tertiary/aromatic N) is 1. The normalized spacial score (nSPS) is 10.6. The fourth-order valence-electron chi connectivity index (χ4n) is 3.43. The van der Waals surface area contributed by atoms with Crippen LogP contribution in [0.5, 0.6) is 5.75 Å². The SMILES string of the molecule is COc1ccc(NC(=O)Cc2ccc(-n3cccc3)cc2)cc1NC(=O)c1ccc(Cl)cc1F. The minimum Gasteiger partial charge on any atom is -0.495 e. The molecule has 2 N–H and O–H groups in total. The molecule has 1 heterocycles. The molecule has 172 valence electrons. The van der Waals surface area contributed by atoms with E-state index in [-0.39, 0.29) is 28.6 Å². The zero-order valence-corrected chi connectivity index (χ0v) is 19.0. The highest BCUT2D eigenvalue weighted by molar-refractivity contribution is 6.30. The van der Waals surface area contributed by atoms with Gasteiger partial charge in [0, 0.05) is 28.8 Å². The topological polar surface area (TPSA) is 72.4 Å². The third-order valence-corrected chi connectivity index (χ3v) is 5.35. The summed E-state index contributed by atoms with van der Waals surface area (Å²) in [7, 11) is 1.45. The van der Waals surface area contributed by atoms with Crippen molar-refractivity contribution >= 4 is 34.8 Å². The Hall–Kier alpha value is -4.10. The molecule has 0 aliphatic carbocycles. The first-order valence-corrected chi connectivity index (χ1v) is 10.8. The van der Waals surface area contributed by atoms with Gasteiger partial charge in [-0.2, -0.15) is 0 Å². The Morgan fingerprint density at radius 2 is 1.71 bits per heavy atom. The van der Waals surface area contributed by atoms with Crippen molar-refractivity contribution in [2.75, 3.05) is 17.7 Å². The molecule has 8 heteroatoms. The number of halogens is 2. The molecule has 0 saturated heterocycles. The molecular formula is C26H21ClFN3O3. The van der Waals surface area contributed by atoms with Gasteiger partial charge in [0.1, 0.15) is 11.6 Å². The van der Waals surface area contributed by atoms with Crippen molar-refractivity contribution in [2.24, 2.45) is 0 Å². The molecule has 0 aliphatic rings. The van der Waals surface area contributed by atoms with Crippen molar-refractivity contribution < 1.29 is 18.7 Å². The summed E-state index contributed by atoms with van der Waals surface area (Å²) in [5.41, 5.74) is 2.44. The Balaban J connectivity index is 1.44. The number of hydrogen-bond acceptors (Lipinski definition) is 3. The molecule has 0 spiro atoms. The molecule has 1 aromatic heterocycles. The summed E-state index contributed by atoms with van der Waals surface area (Å²) >= 11 is 5.75. The molecule has 2 amide bonds. The number of benzene rings is 3. The van der Waals surface area contributed by atoms with E-state index >= 15 is 0 Å². The van der Waals surface area contributed by atoms with Crippen LogP contribution < -0.4 is 15.4 Å². The zero-order valence-electron chi connectivity index (χ0n) is 18.2. The quantitative estimate of drug-likeness (QED) is 0.358. The average molecular weight is 478 g/mol. The maximum absolute atomic E-state index is 14.1. The fourth-order valence-corrected chi connectivity index (χ4v) is 3.59. The lowest BCUT2D eigenvalue weighted by molar-refractivity contribution is -0.115. The standard InChI is InChI=1S/C26H21ClFN3O3/c1-34-24-11-7-19(16-23(24)30-26(33)21-10-6-18(27)15-22(21)28)29-25(32)14-17-4-8-20(9-5-17)31-12-2-3-13-31/h2-13,15-16H,14H2,1H3,(H,29,32)(H,30,33). The van der Waals surface area contributed by atoms with Crippen LogP contribution in [0.1, 0.15) is 15.9 Å². The summed E-state index contributed by atoms with van der Waals surface area (Å²) in [6.45, 7) is 0. The first kappa shape index (κ1) is 23.1. The molecule has 34 heavy (non-hydrogen) atoms. The first-order valence-electron chi connectivity index (χ1n) is 10.4. The third kappa shape index (κ3) is 5.44. The number of ether oxygens (including phenoxy) is 1. The zero-order chi connectivity index (χ0) is 24.1. The minimum atomic E-state index is -0.740. The third-order valence-electron chi connectivity index (χ3n) is 5.11. The molecule has 0 fully saturated rings. The fraction of sp³-hybridized carbons (Fsp3) is 0.0769. The lowest BCUT2D eigenvalue weighted by atomic mass is 10.1. The van der Waals surface area contributed by atoms with Crippen LogP contribution >= 0.6 is 11.6 Å². The molecule has 4 rings (SSSR count). The van der Waals surface area contributed by atoms with Crippen molar-refractivity contribution in [3.05, 3.63) is 107 Å². The van der Waals surface area contributed by atoms with Crippen molar-refractivity contribution in [3.63, 3.8) is 0 Å². The Morgan fingerprint density at radius 3 is 2.38 bits per heavy atom. The van der Waals surface area contributed by atoms with Gasteiger partial charge in [-0.1, -0.05) is 23.7 Å². The summed E-state index contributed by atoms with van der Waals surface area (Å²) in [5.74, 6) is -1.27. The Labute approximate surface area is 200 Å². The van der Waals surface area contributed by atoms with Crippen LogP contribution in [0.15, 0.2) is 85.2 Å². The first-order chi connectivity index (χ1) is 16.4. The van der Waals surface area contributed by atoms with Gasteiger partial charge in [-0.25, -0.2) is 4.39 Å². The van der Waals surface area contributed by atoms with Crippen LogP contribution in [0.2, 0.25) is 5.02 Å². The second kappa shape index (κ2) is 10.2. The number of amides is 2. The van der Waals surface area contributed by atoms with Crippen LogP contribution in [-0.2, 0) is 11.2 Å². The lowest BCUT2D eigenvalue weighted by Gasteiger charge is -2.13. The van der Waals surface area contributed by atoms with Gasteiger partial charge in [0.25, 0.3) is 5.91 Å². The van der Waals surface area contributed by atoms with Crippen molar-refractivity contribution in [1.82, 2.24) is 4.57 Å². The number of hydrogen-bond donors (Lipinski definition) is 2. The predicted octanol–water partition coefficient (Wildman–Crippen LogP) is 5.71. The van der Waals surface area contributed by atoms with E-state index in [1.165, 1.54) is 19.2 Å². The summed E-state index contributed by atoms with van der Waals surface area (Å²) in [6.07, 6.45) is 4.07. The lowest BCUT2D eigenvalue weighted by Crippen LogP contribution is -2.16. The molecule has 3 aromatic carbocycles. The van der Waals surface area contributed by atoms with Gasteiger partial charge in [-0.05, 0) is 66.2 Å². The number of carbonyl (C=O) groups is 2. The number of carbonyl (C=O) groups excluding carboxylic acids is 2. The van der Waals surface area contributed by atoms with E-state index in [9.17, 15) is 14.0 Å². The number of rotatable bonds is 7. The van der Waals surface area contributed by atoms with Crippen LogP contribution in [0.3, 0.4) is 0 Å². The van der Waals surface area contributed by atoms with E-state index in [0.29, 0.717) is 11.4 Å². The molecule has 6 nitrogen and oxygen atoms in total. The van der Waals surface area contributed by atoms with Crippen LogP contribution in [-0.4, -0.2) is 23.5 Å². The highest BCUT2D eigenvalue weighted by atomic mass is 35.5. The minimum absolute atomic E-state index is 0.163. The molecule has 0 atom stereocenters. The van der Waals surface area contributed by atoms with Crippen molar-refractivity contribution in [1.29, 1.82) is 0 Å². The highest BCUT2D eigenvalue weighted by Gasteiger charge is 2.15. The molecule has 0 saturated carbocycles. The van der Waals surface area contributed by atoms with E-state index in [4.69, 9.17) is 16.3 Å². The van der Waals surface area contributed by atoms with Crippen LogP contribution in [0.25, 0.3) is 5.69 Å². The van der Waals surface area contributed by atoms with E-state index in [1.807, 2.05) is 53.4 Å². The van der Waals surface area contributed by atoms with Gasteiger partial charge < -0.3 is 19.9 Å². The van der Waals surface area contributed by atoms with Gasteiger partial charge in [0.15, 0.2) is 0 Å². The number of nitrogens with one attached hydrogen (secondary N) is 2. The number of aromatic nitrogens is 1. The number of anilines is 2. The summed E-state index contributed by atoms with van der Waals surface area (Å²) in [5, 5.41) is 5.62. The summed E-state index contributed by atoms with van der Waals surface area (Å²) in [4.78, 5) is 25.1. The maximum Gasteiger partial charge on any atom is 0.258 e. The predicted molar refractivity (Wildman–Crippen MR) is 130 cm³/mol. The molecule has 0 radical (unpaired) electrons.